The molecule has 8 heteroatoms. The molecule has 0 saturated heterocycles. The number of nitrogens with zero attached hydrogens (tertiary/aromatic N) is 5. The Morgan fingerprint density at radius 2 is 1.61 bits per heavy atom. The van der Waals surface area contributed by atoms with E-state index >= 15 is 0 Å². The van der Waals surface area contributed by atoms with Gasteiger partial charge in [-0.15, -0.1) is 10.2 Å². The van der Waals surface area contributed by atoms with Crippen LogP contribution >= 0.6 is 11.6 Å². The second-order valence-corrected chi connectivity index (χ2v) is 9.55. The maximum atomic E-state index is 13.5. The van der Waals surface area contributed by atoms with Crippen molar-refractivity contribution in [3.8, 4) is 28.2 Å². The van der Waals surface area contributed by atoms with Crippen molar-refractivity contribution in [3.63, 3.8) is 0 Å². The molecule has 0 aliphatic heterocycles. The van der Waals surface area contributed by atoms with Gasteiger partial charge in [0.05, 0.1) is 17.9 Å². The monoisotopic (exact) mass is 498 g/mol. The van der Waals surface area contributed by atoms with Gasteiger partial charge in [-0.25, -0.2) is 4.79 Å². The third-order valence-electron chi connectivity index (χ3n) is 6.27. The van der Waals surface area contributed by atoms with Crippen LogP contribution in [0.1, 0.15) is 31.5 Å². The molecule has 7 nitrogen and oxygen atoms in total. The van der Waals surface area contributed by atoms with E-state index in [1.54, 1.807) is 9.13 Å². The number of benzene rings is 3. The second kappa shape index (κ2) is 10.3. The number of hydrogen-bond acceptors (Lipinski definition) is 4. The lowest BCUT2D eigenvalue weighted by Gasteiger charge is -2.11. The van der Waals surface area contributed by atoms with Crippen LogP contribution in [-0.4, -0.2) is 29.8 Å². The number of hydrogen-bond donors (Lipinski definition) is 1. The van der Waals surface area contributed by atoms with E-state index in [2.05, 4.69) is 58.7 Å². The lowest BCUT2D eigenvalue weighted by Crippen LogP contribution is -2.25. The Bertz CT molecular complexity index is 1500. The van der Waals surface area contributed by atoms with Gasteiger partial charge in [0.15, 0.2) is 0 Å². The number of para-hydroxylation sites is 1. The Kier molecular flexibility index (Phi) is 6.82. The van der Waals surface area contributed by atoms with Crippen LogP contribution in [0, 0.1) is 5.92 Å². The van der Waals surface area contributed by atoms with E-state index in [0.29, 0.717) is 23.4 Å². The van der Waals surface area contributed by atoms with Crippen LogP contribution in [0.2, 0.25) is 5.15 Å². The fourth-order valence-electron chi connectivity index (χ4n) is 4.37. The van der Waals surface area contributed by atoms with Crippen LogP contribution in [0.25, 0.3) is 28.2 Å². The van der Waals surface area contributed by atoms with Gasteiger partial charge >= 0.3 is 5.69 Å². The average molecular weight is 499 g/mol. The van der Waals surface area contributed by atoms with Crippen LogP contribution in [0.3, 0.4) is 0 Å². The maximum absolute atomic E-state index is 13.5. The lowest BCUT2D eigenvalue weighted by atomic mass is 9.98. The van der Waals surface area contributed by atoms with E-state index in [0.717, 1.165) is 46.5 Å². The summed E-state index contributed by atoms with van der Waals surface area (Å²) in [7, 11) is 0. The molecule has 0 radical (unpaired) electrons. The van der Waals surface area contributed by atoms with E-state index in [9.17, 15) is 4.79 Å². The van der Waals surface area contributed by atoms with Crippen LogP contribution in [0.15, 0.2) is 83.7 Å². The molecule has 36 heavy (non-hydrogen) atoms. The molecule has 5 rings (SSSR count). The number of H-pyrrole nitrogens is 1. The quantitative estimate of drug-likeness (QED) is 0.294. The number of aromatic amines is 1. The van der Waals surface area contributed by atoms with Crippen LogP contribution in [0.5, 0.6) is 0 Å². The largest absolute Gasteiger partial charge is 0.334 e. The molecule has 0 saturated carbocycles. The zero-order chi connectivity index (χ0) is 25.1. The lowest BCUT2D eigenvalue weighted by molar-refractivity contribution is 0.566. The summed E-state index contributed by atoms with van der Waals surface area (Å²) in [5.74, 6) is 1.05. The highest BCUT2D eigenvalue weighted by Gasteiger charge is 2.20. The van der Waals surface area contributed by atoms with Gasteiger partial charge in [-0.1, -0.05) is 92.2 Å². The van der Waals surface area contributed by atoms with Crippen molar-refractivity contribution in [1.29, 1.82) is 0 Å². The summed E-state index contributed by atoms with van der Waals surface area (Å²) in [6.45, 7) is 4.80. The molecule has 3 aromatic carbocycles. The first-order valence-electron chi connectivity index (χ1n) is 12.0. The zero-order valence-corrected chi connectivity index (χ0v) is 21.0. The summed E-state index contributed by atoms with van der Waals surface area (Å²) in [6, 6.07) is 25.7. The number of rotatable bonds is 8. The minimum Gasteiger partial charge on any atom is -0.290 e. The van der Waals surface area contributed by atoms with E-state index in [-0.39, 0.29) is 5.69 Å². The van der Waals surface area contributed by atoms with Crippen molar-refractivity contribution in [2.24, 2.45) is 5.92 Å². The van der Waals surface area contributed by atoms with Crippen molar-refractivity contribution < 1.29 is 0 Å². The standard InChI is InChI=1S/C28H27ClN6O/c1-19(2)12-17-25-26(29)35(22-8-4-3-5-9-22)28(36)34(25)18-20-13-15-21(16-14-20)23-10-6-7-11-24(23)27-30-32-33-31-27/h3-11,13-16,19H,12,17-18H2,1-2H3,(H,30,31,32,33). The van der Waals surface area contributed by atoms with Crippen LogP contribution in [0.4, 0.5) is 0 Å². The molecule has 0 atom stereocenters. The normalized spacial score (nSPS) is 11.3. The average Bonchev–Trinajstić information content (AvgIpc) is 3.51. The zero-order valence-electron chi connectivity index (χ0n) is 20.2. The van der Waals surface area contributed by atoms with Gasteiger partial charge in [0.2, 0.25) is 5.82 Å². The minimum atomic E-state index is -0.128. The number of imidazole rings is 1. The van der Waals surface area contributed by atoms with E-state index in [1.165, 1.54) is 0 Å². The molecule has 0 aliphatic rings. The van der Waals surface area contributed by atoms with Crippen molar-refractivity contribution in [2.45, 2.75) is 33.2 Å². The van der Waals surface area contributed by atoms with Crippen LogP contribution < -0.4 is 5.69 Å². The van der Waals surface area contributed by atoms with Crippen molar-refractivity contribution in [3.05, 3.63) is 106 Å². The molecule has 2 heterocycles. The predicted octanol–water partition coefficient (Wildman–Crippen LogP) is 5.78. The van der Waals surface area contributed by atoms with Crippen molar-refractivity contribution >= 4 is 11.6 Å². The van der Waals surface area contributed by atoms with Crippen LogP contribution in [-0.2, 0) is 13.0 Å². The molecule has 0 aliphatic carbocycles. The fraction of sp³-hybridized carbons (Fsp3) is 0.214. The summed E-state index contributed by atoms with van der Waals surface area (Å²) in [5, 5.41) is 14.9. The van der Waals surface area contributed by atoms with E-state index in [1.807, 2.05) is 54.6 Å². The first kappa shape index (κ1) is 23.8. The Labute approximate surface area is 214 Å². The summed E-state index contributed by atoms with van der Waals surface area (Å²) in [5.41, 5.74) is 5.47. The molecule has 0 unspecified atom stereocenters. The molecule has 5 aromatic rings. The molecule has 0 spiro atoms. The first-order valence-corrected chi connectivity index (χ1v) is 12.4. The van der Waals surface area contributed by atoms with Gasteiger partial charge in [0.25, 0.3) is 0 Å². The maximum Gasteiger partial charge on any atom is 0.334 e. The molecule has 2 aromatic heterocycles. The minimum absolute atomic E-state index is 0.128. The highest BCUT2D eigenvalue weighted by Crippen LogP contribution is 2.30. The van der Waals surface area contributed by atoms with Crippen molar-refractivity contribution in [2.75, 3.05) is 0 Å². The Balaban J connectivity index is 1.49. The number of nitrogens with one attached hydrogen (secondary N) is 1. The highest BCUT2D eigenvalue weighted by molar-refractivity contribution is 6.30. The summed E-state index contributed by atoms with van der Waals surface area (Å²) >= 11 is 6.81. The molecule has 1 N–H and O–H groups in total. The van der Waals surface area contributed by atoms with Gasteiger partial charge < -0.3 is 0 Å². The first-order chi connectivity index (χ1) is 17.5. The highest BCUT2D eigenvalue weighted by atomic mass is 35.5. The second-order valence-electron chi connectivity index (χ2n) is 9.19. The third-order valence-corrected chi connectivity index (χ3v) is 6.66. The van der Waals surface area contributed by atoms with Gasteiger partial charge in [-0.05, 0) is 52.8 Å². The van der Waals surface area contributed by atoms with Crippen molar-refractivity contribution in [1.82, 2.24) is 29.8 Å². The summed E-state index contributed by atoms with van der Waals surface area (Å²) in [6.07, 6.45) is 1.69. The van der Waals surface area contributed by atoms with Gasteiger partial charge in [-0.2, -0.15) is 5.21 Å². The molecular weight excluding hydrogens is 472 g/mol. The van der Waals surface area contributed by atoms with Gasteiger partial charge in [-0.3, -0.25) is 9.13 Å². The van der Waals surface area contributed by atoms with Gasteiger partial charge in [0, 0.05) is 5.56 Å². The topological polar surface area (TPSA) is 81.4 Å². The van der Waals surface area contributed by atoms with E-state index < -0.39 is 0 Å². The number of tetrazole rings is 1. The predicted molar refractivity (Wildman–Crippen MR) is 142 cm³/mol. The molecule has 0 fully saturated rings. The summed E-state index contributed by atoms with van der Waals surface area (Å²) < 4.78 is 3.41. The SMILES string of the molecule is CC(C)CCc1c(Cl)n(-c2ccccc2)c(=O)n1Cc1ccc(-c2ccccc2-c2nn[nH]n2)cc1. The molecule has 182 valence electrons. The van der Waals surface area contributed by atoms with Gasteiger partial charge in [0.1, 0.15) is 5.15 Å². The summed E-state index contributed by atoms with van der Waals surface area (Å²) in [4.78, 5) is 13.5. The Hall–Kier alpha value is -3.97. The Morgan fingerprint density at radius 3 is 2.28 bits per heavy atom. The Morgan fingerprint density at radius 1 is 0.917 bits per heavy atom. The number of halogens is 1. The fourth-order valence-corrected chi connectivity index (χ4v) is 4.73. The molecule has 0 amide bonds. The smallest absolute Gasteiger partial charge is 0.290 e. The number of aromatic nitrogens is 6. The molecular formula is C28H27ClN6O. The third kappa shape index (κ3) is 4.75. The van der Waals surface area contributed by atoms with E-state index in [4.69, 9.17) is 11.6 Å². The molecule has 0 bridgehead atoms.